The molecule has 0 aromatic heterocycles. The van der Waals surface area contributed by atoms with Gasteiger partial charge in [0.1, 0.15) is 0 Å². The van der Waals surface area contributed by atoms with Gasteiger partial charge >= 0.3 is 0 Å². The molecule has 148 valence electrons. The molecule has 0 aliphatic heterocycles. The highest BCUT2D eigenvalue weighted by atomic mass is 32.2. The van der Waals surface area contributed by atoms with E-state index in [4.69, 9.17) is 4.74 Å². The quantitative estimate of drug-likeness (QED) is 0.337. The second kappa shape index (κ2) is 12.5. The Balaban J connectivity index is 2.41. The zero-order chi connectivity index (χ0) is 19.5. The van der Waals surface area contributed by atoms with E-state index in [0.717, 1.165) is 38.2 Å². The fraction of sp³-hybridized carbons (Fsp3) is 0.478. The first-order chi connectivity index (χ1) is 13.2. The second-order valence-corrected chi connectivity index (χ2v) is 8.70. The lowest BCUT2D eigenvalue weighted by Gasteiger charge is -2.25. The summed E-state index contributed by atoms with van der Waals surface area (Å²) in [4.78, 5) is 2.72. The van der Waals surface area contributed by atoms with E-state index in [0.29, 0.717) is 0 Å². The van der Waals surface area contributed by atoms with Gasteiger partial charge in [0.05, 0.1) is 6.04 Å². The maximum absolute atomic E-state index is 5.24. The molecule has 0 radical (unpaired) electrons. The summed E-state index contributed by atoms with van der Waals surface area (Å²) in [5, 5.41) is 3.81. The van der Waals surface area contributed by atoms with Gasteiger partial charge < -0.3 is 10.1 Å². The molecule has 0 fully saturated rings. The maximum Gasteiger partial charge on any atom is 0.0590 e. The molecule has 1 N–H and O–H groups in total. The van der Waals surface area contributed by atoms with Crippen LogP contribution in [0.25, 0.3) is 0 Å². The van der Waals surface area contributed by atoms with Crippen molar-refractivity contribution in [2.24, 2.45) is 0 Å². The zero-order valence-electron chi connectivity index (χ0n) is 17.1. The largest absolute Gasteiger partial charge is 0.385 e. The van der Waals surface area contributed by atoms with Crippen molar-refractivity contribution in [2.75, 3.05) is 32.3 Å². The Morgan fingerprint density at radius 3 is 2.59 bits per heavy atom. The zero-order valence-corrected chi connectivity index (χ0v) is 18.7. The van der Waals surface area contributed by atoms with Crippen LogP contribution in [0.1, 0.15) is 49.4 Å². The Kier molecular flexibility index (Phi) is 10.4. The van der Waals surface area contributed by atoms with Gasteiger partial charge in [-0.3, -0.25) is 0 Å². The lowest BCUT2D eigenvalue weighted by atomic mass is 9.92. The third-order valence-corrected chi connectivity index (χ3v) is 6.26. The Hall–Kier alpha value is -0.940. The van der Waals surface area contributed by atoms with Crippen molar-refractivity contribution < 1.29 is 4.74 Å². The second-order valence-electron chi connectivity index (χ2n) is 6.52. The molecule has 4 heteroatoms. The first-order valence-corrected chi connectivity index (χ1v) is 12.1. The molecule has 0 heterocycles. The smallest absolute Gasteiger partial charge is 0.0590 e. The van der Waals surface area contributed by atoms with Gasteiger partial charge in [-0.1, -0.05) is 50.6 Å². The van der Waals surface area contributed by atoms with Crippen LogP contribution < -0.4 is 5.32 Å². The number of rotatable bonds is 12. The van der Waals surface area contributed by atoms with Gasteiger partial charge in [0.2, 0.25) is 0 Å². The van der Waals surface area contributed by atoms with Crippen molar-refractivity contribution in [1.29, 1.82) is 0 Å². The average molecular weight is 404 g/mol. The van der Waals surface area contributed by atoms with E-state index >= 15 is 0 Å². The Bertz CT molecular complexity index is 690. The Labute approximate surface area is 173 Å². The molecule has 2 aromatic carbocycles. The van der Waals surface area contributed by atoms with Crippen molar-refractivity contribution >= 4 is 23.5 Å². The summed E-state index contributed by atoms with van der Waals surface area (Å²) in [6, 6.07) is 16.1. The minimum absolute atomic E-state index is 0.215. The normalized spacial score (nSPS) is 12.3. The molecule has 2 nitrogen and oxygen atoms in total. The van der Waals surface area contributed by atoms with Crippen molar-refractivity contribution in [3.05, 3.63) is 59.2 Å². The lowest BCUT2D eigenvalue weighted by Crippen LogP contribution is -2.26. The van der Waals surface area contributed by atoms with Crippen LogP contribution in [-0.4, -0.2) is 32.3 Å². The lowest BCUT2D eigenvalue weighted by molar-refractivity contribution is 0.193. The molecule has 0 aliphatic rings. The SMILES string of the molecule is CCCc1ccccc1C(NCCCOC)c1ccc(SCC)cc1SC. The number of thioether (sulfide) groups is 2. The number of aryl methyl sites for hydroxylation is 1. The minimum atomic E-state index is 0.215. The van der Waals surface area contributed by atoms with Crippen LogP contribution in [0.4, 0.5) is 0 Å². The summed E-state index contributed by atoms with van der Waals surface area (Å²) in [5.41, 5.74) is 4.23. The monoisotopic (exact) mass is 403 g/mol. The molecule has 27 heavy (non-hydrogen) atoms. The summed E-state index contributed by atoms with van der Waals surface area (Å²) < 4.78 is 5.24. The predicted octanol–water partition coefficient (Wildman–Crippen LogP) is 6.19. The first kappa shape index (κ1) is 22.4. The fourth-order valence-electron chi connectivity index (χ4n) is 3.35. The van der Waals surface area contributed by atoms with Gasteiger partial charge in [0, 0.05) is 23.5 Å². The molecule has 0 saturated carbocycles. The van der Waals surface area contributed by atoms with E-state index in [9.17, 15) is 0 Å². The van der Waals surface area contributed by atoms with Gasteiger partial charge in [0.15, 0.2) is 0 Å². The molecule has 0 aliphatic carbocycles. The molecule has 1 atom stereocenters. The number of hydrogen-bond donors (Lipinski definition) is 1. The van der Waals surface area contributed by atoms with Crippen LogP contribution in [0.3, 0.4) is 0 Å². The fourth-order valence-corrected chi connectivity index (χ4v) is 4.79. The van der Waals surface area contributed by atoms with Crippen molar-refractivity contribution in [1.82, 2.24) is 5.32 Å². The van der Waals surface area contributed by atoms with Crippen LogP contribution >= 0.6 is 23.5 Å². The molecule has 1 unspecified atom stereocenters. The third-order valence-electron chi connectivity index (χ3n) is 4.59. The molecule has 0 spiro atoms. The summed E-state index contributed by atoms with van der Waals surface area (Å²) in [5.74, 6) is 1.10. The van der Waals surface area contributed by atoms with E-state index in [-0.39, 0.29) is 6.04 Å². The summed E-state index contributed by atoms with van der Waals surface area (Å²) >= 11 is 3.75. The topological polar surface area (TPSA) is 21.3 Å². The summed E-state index contributed by atoms with van der Waals surface area (Å²) in [6.45, 7) is 6.19. The molecular weight excluding hydrogens is 370 g/mol. The number of benzene rings is 2. The van der Waals surface area contributed by atoms with Crippen LogP contribution in [0, 0.1) is 0 Å². The van der Waals surface area contributed by atoms with Crippen LogP contribution in [0.15, 0.2) is 52.3 Å². The highest BCUT2D eigenvalue weighted by Gasteiger charge is 2.20. The molecule has 0 saturated heterocycles. The van der Waals surface area contributed by atoms with E-state index in [2.05, 4.69) is 67.9 Å². The van der Waals surface area contributed by atoms with Crippen molar-refractivity contribution in [3.63, 3.8) is 0 Å². The van der Waals surface area contributed by atoms with E-state index in [1.165, 1.54) is 26.5 Å². The van der Waals surface area contributed by atoms with Gasteiger partial charge in [-0.15, -0.1) is 23.5 Å². The van der Waals surface area contributed by atoms with Gasteiger partial charge in [0.25, 0.3) is 0 Å². The van der Waals surface area contributed by atoms with Crippen LogP contribution in [0.5, 0.6) is 0 Å². The predicted molar refractivity (Wildman–Crippen MR) is 121 cm³/mol. The number of ether oxygens (including phenoxy) is 1. The number of hydrogen-bond acceptors (Lipinski definition) is 4. The first-order valence-electron chi connectivity index (χ1n) is 9.85. The molecule has 2 aromatic rings. The molecular formula is C23H33NOS2. The van der Waals surface area contributed by atoms with Crippen LogP contribution in [-0.2, 0) is 11.2 Å². The highest BCUT2D eigenvalue weighted by molar-refractivity contribution is 7.99. The summed E-state index contributed by atoms with van der Waals surface area (Å²) in [7, 11) is 1.77. The van der Waals surface area contributed by atoms with Crippen LogP contribution in [0.2, 0.25) is 0 Å². The van der Waals surface area contributed by atoms with Crippen molar-refractivity contribution in [2.45, 2.75) is 48.9 Å². The molecule has 2 rings (SSSR count). The van der Waals surface area contributed by atoms with E-state index in [1.807, 2.05) is 23.5 Å². The van der Waals surface area contributed by atoms with Crippen molar-refractivity contribution in [3.8, 4) is 0 Å². The highest BCUT2D eigenvalue weighted by Crippen LogP contribution is 2.35. The third kappa shape index (κ3) is 6.56. The summed E-state index contributed by atoms with van der Waals surface area (Å²) in [6.07, 6.45) is 5.47. The number of methoxy groups -OCH3 is 1. The van der Waals surface area contributed by atoms with E-state index in [1.54, 1.807) is 7.11 Å². The molecule has 0 amide bonds. The Morgan fingerprint density at radius 1 is 1.07 bits per heavy atom. The minimum Gasteiger partial charge on any atom is -0.385 e. The number of nitrogens with one attached hydrogen (secondary N) is 1. The maximum atomic E-state index is 5.24. The van der Waals surface area contributed by atoms with E-state index < -0.39 is 0 Å². The van der Waals surface area contributed by atoms with Gasteiger partial charge in [-0.25, -0.2) is 0 Å². The molecule has 0 bridgehead atoms. The van der Waals surface area contributed by atoms with Gasteiger partial charge in [-0.05, 0) is 60.2 Å². The standard InChI is InChI=1S/C23H33NOS2/c1-5-10-18-11-7-8-12-20(18)23(24-15-9-16-25-3)21-14-13-19(27-6-2)17-22(21)26-4/h7-8,11-14,17,23-24H,5-6,9-10,15-16H2,1-4H3. The van der Waals surface area contributed by atoms with Gasteiger partial charge in [-0.2, -0.15) is 0 Å². The average Bonchev–Trinajstić information content (AvgIpc) is 2.70. The Morgan fingerprint density at radius 2 is 1.89 bits per heavy atom.